The van der Waals surface area contributed by atoms with Gasteiger partial charge in [0, 0.05) is 24.1 Å². The van der Waals surface area contributed by atoms with Crippen molar-refractivity contribution in [2.24, 2.45) is 0 Å². The maximum atomic E-state index is 12.9. The first kappa shape index (κ1) is 17.1. The minimum Gasteiger partial charge on any atom is -0.399 e. The minimum atomic E-state index is -0.383. The number of nitrogens with two attached hydrogens (primary N) is 1. The van der Waals surface area contributed by atoms with E-state index in [0.717, 1.165) is 30.5 Å². The fourth-order valence-corrected chi connectivity index (χ4v) is 3.26. The van der Waals surface area contributed by atoms with Crippen molar-refractivity contribution in [2.75, 3.05) is 5.73 Å². The summed E-state index contributed by atoms with van der Waals surface area (Å²) in [6, 6.07) is 11.1. The van der Waals surface area contributed by atoms with E-state index < -0.39 is 0 Å². The second kappa shape index (κ2) is 7.47. The maximum absolute atomic E-state index is 12.9. The molecule has 2 aromatic carbocycles. The summed E-state index contributed by atoms with van der Waals surface area (Å²) in [6.45, 7) is 0. The number of nitrogen functional groups attached to an aromatic ring is 1. The third-order valence-corrected chi connectivity index (χ3v) is 4.56. The highest BCUT2D eigenvalue weighted by molar-refractivity contribution is 5.97. The van der Waals surface area contributed by atoms with Crippen LogP contribution in [0, 0.1) is 5.82 Å². The predicted molar refractivity (Wildman–Crippen MR) is 94.6 cm³/mol. The Hall–Kier alpha value is -2.69. The topological polar surface area (TPSA) is 72.2 Å². The Bertz CT molecular complexity index is 787. The first-order valence-corrected chi connectivity index (χ1v) is 8.49. The quantitative estimate of drug-likeness (QED) is 0.646. The van der Waals surface area contributed by atoms with Crippen LogP contribution in [-0.4, -0.2) is 11.7 Å². The van der Waals surface area contributed by atoms with E-state index in [9.17, 15) is 14.0 Å². The predicted octanol–water partition coefficient (Wildman–Crippen LogP) is 3.56. The first-order chi connectivity index (χ1) is 12.0. The highest BCUT2D eigenvalue weighted by Gasteiger charge is 2.22. The van der Waals surface area contributed by atoms with Crippen molar-refractivity contribution in [1.82, 2.24) is 5.32 Å². The number of Topliss-reactive ketones (excluding diaryl/α,β-unsaturated/α-hetero) is 1. The number of halogens is 1. The lowest BCUT2D eigenvalue weighted by Gasteiger charge is -2.26. The van der Waals surface area contributed by atoms with E-state index in [4.69, 9.17) is 5.73 Å². The fourth-order valence-electron chi connectivity index (χ4n) is 3.26. The first-order valence-electron chi connectivity index (χ1n) is 8.49. The average Bonchev–Trinajstić information content (AvgIpc) is 2.60. The van der Waals surface area contributed by atoms with E-state index in [1.807, 2.05) is 18.2 Å². The molecule has 0 aromatic heterocycles. The van der Waals surface area contributed by atoms with Gasteiger partial charge in [-0.05, 0) is 66.8 Å². The van der Waals surface area contributed by atoms with Crippen molar-refractivity contribution in [3.05, 3.63) is 65.0 Å². The van der Waals surface area contributed by atoms with Gasteiger partial charge < -0.3 is 11.1 Å². The number of hydrogen-bond acceptors (Lipinski definition) is 3. The Kier molecular flexibility index (Phi) is 5.12. The van der Waals surface area contributed by atoms with Crippen molar-refractivity contribution in [3.63, 3.8) is 0 Å². The van der Waals surface area contributed by atoms with Crippen LogP contribution >= 0.6 is 0 Å². The lowest BCUT2D eigenvalue weighted by molar-refractivity contribution is -0.121. The largest absolute Gasteiger partial charge is 0.399 e. The third kappa shape index (κ3) is 4.24. The molecule has 1 unspecified atom stereocenters. The number of benzene rings is 2. The minimum absolute atomic E-state index is 0.0298. The Labute approximate surface area is 146 Å². The highest BCUT2D eigenvalue weighted by atomic mass is 19.1. The van der Waals surface area contributed by atoms with Gasteiger partial charge in [0.25, 0.3) is 0 Å². The molecule has 0 saturated heterocycles. The second-order valence-electron chi connectivity index (χ2n) is 6.40. The van der Waals surface area contributed by atoms with Crippen molar-refractivity contribution < 1.29 is 14.0 Å². The molecule has 4 nitrogen and oxygen atoms in total. The van der Waals surface area contributed by atoms with E-state index in [2.05, 4.69) is 5.32 Å². The number of ketones is 1. The number of nitrogens with one attached hydrogen (secondary N) is 1. The molecule has 1 atom stereocenters. The number of carbonyl (C=O) groups is 2. The highest BCUT2D eigenvalue weighted by Crippen LogP contribution is 2.31. The van der Waals surface area contributed by atoms with Crippen LogP contribution in [0.3, 0.4) is 0 Å². The van der Waals surface area contributed by atoms with Gasteiger partial charge in [0.2, 0.25) is 5.91 Å². The molecule has 0 bridgehead atoms. The van der Waals surface area contributed by atoms with E-state index in [1.165, 1.54) is 29.8 Å². The molecule has 1 aliphatic rings. The van der Waals surface area contributed by atoms with Crippen LogP contribution in [-0.2, 0) is 11.2 Å². The van der Waals surface area contributed by atoms with Gasteiger partial charge in [-0.1, -0.05) is 6.07 Å². The van der Waals surface area contributed by atoms with Crippen LogP contribution in [0.15, 0.2) is 42.5 Å². The smallest absolute Gasteiger partial charge is 0.220 e. The number of carbonyl (C=O) groups excluding carboxylic acids is 2. The van der Waals surface area contributed by atoms with Crippen LogP contribution in [0.25, 0.3) is 0 Å². The van der Waals surface area contributed by atoms with Gasteiger partial charge in [-0.2, -0.15) is 0 Å². The van der Waals surface area contributed by atoms with Crippen molar-refractivity contribution >= 4 is 17.4 Å². The molecule has 2 aromatic rings. The Morgan fingerprint density at radius 3 is 2.64 bits per heavy atom. The molecule has 0 heterocycles. The van der Waals surface area contributed by atoms with Crippen molar-refractivity contribution in [1.29, 1.82) is 0 Å². The van der Waals surface area contributed by atoms with Crippen molar-refractivity contribution in [2.45, 2.75) is 38.1 Å². The molecule has 0 spiro atoms. The second-order valence-corrected chi connectivity index (χ2v) is 6.40. The number of amides is 1. The lowest BCUT2D eigenvalue weighted by Crippen LogP contribution is -2.31. The molecule has 0 radical (unpaired) electrons. The summed E-state index contributed by atoms with van der Waals surface area (Å²) < 4.78 is 12.9. The fraction of sp³-hybridized carbons (Fsp3) is 0.300. The number of fused-ring (bicyclic) bond motifs is 1. The van der Waals surface area contributed by atoms with Gasteiger partial charge in [0.15, 0.2) is 5.78 Å². The molecule has 0 fully saturated rings. The molecule has 3 rings (SSSR count). The van der Waals surface area contributed by atoms with Gasteiger partial charge in [-0.25, -0.2) is 4.39 Å². The zero-order chi connectivity index (χ0) is 17.8. The number of rotatable bonds is 5. The van der Waals surface area contributed by atoms with E-state index in [1.54, 1.807) is 0 Å². The molecule has 0 saturated carbocycles. The van der Waals surface area contributed by atoms with E-state index in [0.29, 0.717) is 5.56 Å². The van der Waals surface area contributed by atoms with Gasteiger partial charge in [-0.3, -0.25) is 9.59 Å². The summed E-state index contributed by atoms with van der Waals surface area (Å²) in [5, 5.41) is 3.02. The molecule has 0 aliphatic heterocycles. The summed E-state index contributed by atoms with van der Waals surface area (Å²) in [4.78, 5) is 24.3. The summed E-state index contributed by atoms with van der Waals surface area (Å²) in [5.74, 6) is -0.692. The third-order valence-electron chi connectivity index (χ3n) is 4.56. The molecule has 25 heavy (non-hydrogen) atoms. The average molecular weight is 340 g/mol. The molecule has 3 N–H and O–H groups in total. The molecule has 1 amide bonds. The number of anilines is 1. The van der Waals surface area contributed by atoms with E-state index >= 15 is 0 Å². The standard InChI is InChI=1S/C20H21FN2O2/c21-15-6-4-13(5-7-15)19(24)10-11-20(25)23-18-3-1-2-14-12-16(22)8-9-17(14)18/h4-9,12,18H,1-3,10-11,22H2,(H,23,25). The molecule has 130 valence electrons. The van der Waals surface area contributed by atoms with E-state index in [-0.39, 0.29) is 36.4 Å². The molecular weight excluding hydrogens is 319 g/mol. The van der Waals surface area contributed by atoms with Crippen LogP contribution in [0.4, 0.5) is 10.1 Å². The monoisotopic (exact) mass is 340 g/mol. The van der Waals surface area contributed by atoms with Crippen LogP contribution in [0.2, 0.25) is 0 Å². The summed E-state index contributed by atoms with van der Waals surface area (Å²) >= 11 is 0. The van der Waals surface area contributed by atoms with Gasteiger partial charge in [-0.15, -0.1) is 0 Å². The molecule has 1 aliphatic carbocycles. The maximum Gasteiger partial charge on any atom is 0.220 e. The Morgan fingerprint density at radius 2 is 1.88 bits per heavy atom. The van der Waals surface area contributed by atoms with Gasteiger partial charge in [0.05, 0.1) is 6.04 Å². The summed E-state index contributed by atoms with van der Waals surface area (Å²) in [5.41, 5.74) is 9.27. The zero-order valence-corrected chi connectivity index (χ0v) is 13.9. The SMILES string of the molecule is Nc1ccc2c(c1)CCCC2NC(=O)CCC(=O)c1ccc(F)cc1. The molecule has 5 heteroatoms. The number of hydrogen-bond donors (Lipinski definition) is 2. The normalized spacial score (nSPS) is 16.1. The van der Waals surface area contributed by atoms with Crippen LogP contribution < -0.4 is 11.1 Å². The van der Waals surface area contributed by atoms with Crippen molar-refractivity contribution in [3.8, 4) is 0 Å². The zero-order valence-electron chi connectivity index (χ0n) is 13.9. The van der Waals surface area contributed by atoms with Gasteiger partial charge >= 0.3 is 0 Å². The Balaban J connectivity index is 1.57. The van der Waals surface area contributed by atoms with Gasteiger partial charge in [0.1, 0.15) is 5.82 Å². The van der Waals surface area contributed by atoms with Crippen LogP contribution in [0.5, 0.6) is 0 Å². The molecular formula is C20H21FN2O2. The number of aryl methyl sites for hydroxylation is 1. The summed E-state index contributed by atoms with van der Waals surface area (Å²) in [7, 11) is 0. The Morgan fingerprint density at radius 1 is 1.12 bits per heavy atom. The van der Waals surface area contributed by atoms with Crippen LogP contribution in [0.1, 0.15) is 53.2 Å². The lowest BCUT2D eigenvalue weighted by atomic mass is 9.87. The summed E-state index contributed by atoms with van der Waals surface area (Å²) in [6.07, 6.45) is 3.08.